The van der Waals surface area contributed by atoms with Crippen LogP contribution in [0.3, 0.4) is 0 Å². The van der Waals surface area contributed by atoms with Gasteiger partial charge in [0, 0.05) is 37.2 Å². The van der Waals surface area contributed by atoms with Gasteiger partial charge in [-0.1, -0.05) is 41.6 Å². The highest BCUT2D eigenvalue weighted by atomic mass is 32.2. The van der Waals surface area contributed by atoms with Gasteiger partial charge in [-0.2, -0.15) is 0 Å². The van der Waals surface area contributed by atoms with Crippen molar-refractivity contribution < 1.29 is 9.53 Å². The minimum absolute atomic E-state index is 0.0222. The number of nitrogens with zero attached hydrogens (tertiary/aromatic N) is 3. The summed E-state index contributed by atoms with van der Waals surface area (Å²) in [4.78, 5) is 31.3. The standard InChI is InChI=1S/C27H29N3O3S/c1-18-10-12-21(13-11-18)30-26(32)22-8-5-6-9-24(22)28-27(30)34-17-25(31)23-16-19(2)29(20(23)3)14-7-15-33-4/h5-6,8-13,16H,7,14-15,17H2,1-4H3. The third-order valence-corrected chi connectivity index (χ3v) is 6.91. The smallest absolute Gasteiger partial charge is 0.266 e. The minimum atomic E-state index is -0.138. The van der Waals surface area contributed by atoms with Gasteiger partial charge in [0.1, 0.15) is 0 Å². The summed E-state index contributed by atoms with van der Waals surface area (Å²) in [6.07, 6.45) is 0.888. The first kappa shape index (κ1) is 24.0. The number of Topliss-reactive ketones (excluding diaryl/α,β-unsaturated/α-hetero) is 1. The van der Waals surface area contributed by atoms with Crippen LogP contribution in [0.5, 0.6) is 0 Å². The van der Waals surface area contributed by atoms with Crippen LogP contribution in [0.2, 0.25) is 0 Å². The Labute approximate surface area is 203 Å². The molecule has 2 heterocycles. The molecule has 0 radical (unpaired) electrons. The number of hydrogen-bond acceptors (Lipinski definition) is 5. The number of thioether (sulfide) groups is 1. The van der Waals surface area contributed by atoms with Gasteiger partial charge >= 0.3 is 0 Å². The van der Waals surface area contributed by atoms with Crippen molar-refractivity contribution in [3.05, 3.63) is 87.5 Å². The quantitative estimate of drug-likeness (QED) is 0.145. The average molecular weight is 476 g/mol. The Balaban J connectivity index is 1.65. The monoisotopic (exact) mass is 475 g/mol. The molecule has 34 heavy (non-hydrogen) atoms. The molecule has 0 aliphatic heterocycles. The first-order chi connectivity index (χ1) is 16.4. The van der Waals surface area contributed by atoms with Gasteiger partial charge in [-0.25, -0.2) is 4.98 Å². The summed E-state index contributed by atoms with van der Waals surface area (Å²) in [7, 11) is 1.69. The summed E-state index contributed by atoms with van der Waals surface area (Å²) in [6, 6.07) is 17.0. The molecule has 0 aliphatic rings. The van der Waals surface area contributed by atoms with Crippen molar-refractivity contribution in [2.45, 2.75) is 38.9 Å². The summed E-state index contributed by atoms with van der Waals surface area (Å²) < 4.78 is 8.93. The Bertz CT molecular complexity index is 1390. The van der Waals surface area contributed by atoms with E-state index in [4.69, 9.17) is 9.72 Å². The van der Waals surface area contributed by atoms with Crippen LogP contribution in [-0.4, -0.2) is 39.4 Å². The number of para-hydroxylation sites is 1. The highest BCUT2D eigenvalue weighted by molar-refractivity contribution is 7.99. The lowest BCUT2D eigenvalue weighted by atomic mass is 10.2. The lowest BCUT2D eigenvalue weighted by Crippen LogP contribution is -2.22. The van der Waals surface area contributed by atoms with Gasteiger partial charge in [-0.3, -0.25) is 14.2 Å². The Kier molecular flexibility index (Phi) is 7.34. The van der Waals surface area contributed by atoms with E-state index in [1.807, 2.05) is 69.3 Å². The zero-order valence-electron chi connectivity index (χ0n) is 20.0. The highest BCUT2D eigenvalue weighted by Gasteiger charge is 2.19. The van der Waals surface area contributed by atoms with Crippen LogP contribution in [-0.2, 0) is 11.3 Å². The van der Waals surface area contributed by atoms with Crippen LogP contribution in [0.15, 0.2) is 64.5 Å². The molecule has 176 valence electrons. The molecule has 0 saturated carbocycles. The predicted octanol–water partition coefficient (Wildman–Crippen LogP) is 5.12. The number of carbonyl (C=O) groups excluding carboxylic acids is 1. The summed E-state index contributed by atoms with van der Waals surface area (Å²) in [5.41, 5.74) is 5.06. The number of fused-ring (bicyclic) bond motifs is 1. The Morgan fingerprint density at radius 3 is 2.53 bits per heavy atom. The zero-order valence-corrected chi connectivity index (χ0v) is 20.8. The maximum absolute atomic E-state index is 13.4. The summed E-state index contributed by atoms with van der Waals surface area (Å²) in [5, 5.41) is 1.06. The second-order valence-electron chi connectivity index (χ2n) is 8.38. The number of aryl methyl sites for hydroxylation is 2. The van der Waals surface area contributed by atoms with E-state index in [9.17, 15) is 9.59 Å². The number of aromatic nitrogens is 3. The molecule has 0 spiro atoms. The fraction of sp³-hybridized carbons (Fsp3) is 0.296. The Morgan fingerprint density at radius 1 is 1.06 bits per heavy atom. The summed E-state index contributed by atoms with van der Waals surface area (Å²) >= 11 is 1.30. The van der Waals surface area contributed by atoms with Crippen molar-refractivity contribution in [3.63, 3.8) is 0 Å². The molecule has 0 unspecified atom stereocenters. The number of rotatable bonds is 9. The molecule has 0 amide bonds. The van der Waals surface area contributed by atoms with Crippen molar-refractivity contribution in [2.24, 2.45) is 0 Å². The SMILES string of the molecule is COCCCn1c(C)cc(C(=O)CSc2nc3ccccc3c(=O)n2-c2ccc(C)cc2)c1C. The van der Waals surface area contributed by atoms with Crippen molar-refractivity contribution >= 4 is 28.4 Å². The van der Waals surface area contributed by atoms with Crippen LogP contribution >= 0.6 is 11.8 Å². The number of ketones is 1. The molecule has 2 aromatic heterocycles. The molecule has 7 heteroatoms. The normalized spacial score (nSPS) is 11.3. The van der Waals surface area contributed by atoms with E-state index in [1.165, 1.54) is 11.8 Å². The molecule has 0 aliphatic carbocycles. The molecular weight excluding hydrogens is 446 g/mol. The number of ether oxygens (including phenoxy) is 1. The van der Waals surface area contributed by atoms with Crippen LogP contribution in [0, 0.1) is 20.8 Å². The van der Waals surface area contributed by atoms with Gasteiger partial charge in [0.05, 0.1) is 22.3 Å². The predicted molar refractivity (Wildman–Crippen MR) is 138 cm³/mol. The third-order valence-electron chi connectivity index (χ3n) is 5.97. The van der Waals surface area contributed by atoms with Crippen LogP contribution in [0.1, 0.15) is 33.7 Å². The van der Waals surface area contributed by atoms with Gasteiger partial charge < -0.3 is 9.30 Å². The van der Waals surface area contributed by atoms with Crippen LogP contribution in [0.4, 0.5) is 0 Å². The van der Waals surface area contributed by atoms with Crippen LogP contribution in [0.25, 0.3) is 16.6 Å². The van der Waals surface area contributed by atoms with Crippen molar-refractivity contribution in [3.8, 4) is 5.69 Å². The van der Waals surface area contributed by atoms with Gasteiger partial charge in [-0.15, -0.1) is 0 Å². The molecular formula is C27H29N3O3S. The maximum Gasteiger partial charge on any atom is 0.266 e. The topological polar surface area (TPSA) is 66.1 Å². The molecule has 0 atom stereocenters. The molecule has 4 aromatic rings. The number of hydrogen-bond donors (Lipinski definition) is 0. The lowest BCUT2D eigenvalue weighted by Gasteiger charge is -2.13. The second kappa shape index (κ2) is 10.4. The highest BCUT2D eigenvalue weighted by Crippen LogP contribution is 2.24. The number of benzene rings is 2. The van der Waals surface area contributed by atoms with E-state index >= 15 is 0 Å². The molecule has 0 fully saturated rings. The van der Waals surface area contributed by atoms with Crippen LogP contribution < -0.4 is 5.56 Å². The van der Waals surface area contributed by atoms with Crippen molar-refractivity contribution in [2.75, 3.05) is 19.5 Å². The van der Waals surface area contributed by atoms with Gasteiger partial charge in [-0.05, 0) is 57.5 Å². The molecule has 0 bridgehead atoms. The molecule has 2 aromatic carbocycles. The van der Waals surface area contributed by atoms with E-state index in [2.05, 4.69) is 4.57 Å². The first-order valence-corrected chi connectivity index (χ1v) is 12.3. The van der Waals surface area contributed by atoms with E-state index in [0.29, 0.717) is 28.2 Å². The fourth-order valence-corrected chi connectivity index (χ4v) is 5.03. The van der Waals surface area contributed by atoms with Crippen molar-refractivity contribution in [1.29, 1.82) is 0 Å². The zero-order chi connectivity index (χ0) is 24.2. The summed E-state index contributed by atoms with van der Waals surface area (Å²) in [5.74, 6) is 0.216. The Hall–Kier alpha value is -3.16. The van der Waals surface area contributed by atoms with E-state index in [-0.39, 0.29) is 17.1 Å². The van der Waals surface area contributed by atoms with E-state index in [1.54, 1.807) is 17.7 Å². The number of carbonyl (C=O) groups is 1. The maximum atomic E-state index is 13.4. The van der Waals surface area contributed by atoms with Gasteiger partial charge in [0.2, 0.25) is 0 Å². The van der Waals surface area contributed by atoms with Crippen molar-refractivity contribution in [1.82, 2.24) is 14.1 Å². The third kappa shape index (κ3) is 4.86. The Morgan fingerprint density at radius 2 is 1.79 bits per heavy atom. The average Bonchev–Trinajstić information content (AvgIpc) is 3.12. The number of methoxy groups -OCH3 is 1. The van der Waals surface area contributed by atoms with E-state index in [0.717, 1.165) is 35.6 Å². The summed E-state index contributed by atoms with van der Waals surface area (Å²) in [6.45, 7) is 7.49. The fourth-order valence-electron chi connectivity index (χ4n) is 4.13. The van der Waals surface area contributed by atoms with E-state index < -0.39 is 0 Å². The largest absolute Gasteiger partial charge is 0.385 e. The lowest BCUT2D eigenvalue weighted by molar-refractivity contribution is 0.102. The molecule has 0 saturated heterocycles. The van der Waals surface area contributed by atoms with Gasteiger partial charge in [0.25, 0.3) is 5.56 Å². The molecule has 4 rings (SSSR count). The minimum Gasteiger partial charge on any atom is -0.385 e. The first-order valence-electron chi connectivity index (χ1n) is 11.3. The molecule has 6 nitrogen and oxygen atoms in total. The van der Waals surface area contributed by atoms with Gasteiger partial charge in [0.15, 0.2) is 10.9 Å². The molecule has 0 N–H and O–H groups in total. The second-order valence-corrected chi connectivity index (χ2v) is 9.32.